The summed E-state index contributed by atoms with van der Waals surface area (Å²) in [7, 11) is -2.87. The monoisotopic (exact) mass is 333 g/mol. The van der Waals surface area contributed by atoms with Crippen molar-refractivity contribution in [3.8, 4) is 0 Å². The first kappa shape index (κ1) is 15.9. The van der Waals surface area contributed by atoms with Crippen molar-refractivity contribution in [1.82, 2.24) is 4.31 Å². The van der Waals surface area contributed by atoms with E-state index in [2.05, 4.69) is 4.74 Å². The van der Waals surface area contributed by atoms with Crippen LogP contribution < -0.4 is 0 Å². The number of esters is 1. The van der Waals surface area contributed by atoms with Crippen molar-refractivity contribution in [2.24, 2.45) is 0 Å². The molecule has 0 amide bonds. The van der Waals surface area contributed by atoms with E-state index in [4.69, 9.17) is 0 Å². The Bertz CT molecular complexity index is 650. The summed E-state index contributed by atoms with van der Waals surface area (Å²) in [5, 5.41) is 10.7. The SMILES string of the molecule is COC(=O)c1sccc1S(=O)(=O)N1CCCCC1C(=O)O. The van der Waals surface area contributed by atoms with Crippen LogP contribution in [-0.2, 0) is 19.6 Å². The number of thiophene rings is 1. The van der Waals surface area contributed by atoms with Crippen LogP contribution in [0.2, 0.25) is 0 Å². The summed E-state index contributed by atoms with van der Waals surface area (Å²) in [6, 6.07) is 0.217. The van der Waals surface area contributed by atoms with E-state index in [-0.39, 0.29) is 22.7 Å². The molecule has 2 heterocycles. The zero-order chi connectivity index (χ0) is 15.6. The quantitative estimate of drug-likeness (QED) is 0.830. The first-order valence-corrected chi connectivity index (χ1v) is 8.62. The molecule has 1 atom stereocenters. The zero-order valence-corrected chi connectivity index (χ0v) is 12.9. The fraction of sp³-hybridized carbons (Fsp3) is 0.500. The van der Waals surface area contributed by atoms with Gasteiger partial charge in [-0.1, -0.05) is 0 Å². The van der Waals surface area contributed by atoms with Gasteiger partial charge in [0, 0.05) is 6.54 Å². The number of piperidine rings is 1. The lowest BCUT2D eigenvalue weighted by molar-refractivity contribution is -0.142. The maximum Gasteiger partial charge on any atom is 0.349 e. The van der Waals surface area contributed by atoms with Gasteiger partial charge < -0.3 is 9.84 Å². The molecule has 1 aromatic rings. The second-order valence-electron chi connectivity index (χ2n) is 4.57. The van der Waals surface area contributed by atoms with Crippen LogP contribution in [0.25, 0.3) is 0 Å². The average molecular weight is 333 g/mol. The summed E-state index contributed by atoms with van der Waals surface area (Å²) in [4.78, 5) is 22.7. The largest absolute Gasteiger partial charge is 0.480 e. The molecular formula is C12H15NO6S2. The Hall–Kier alpha value is -1.45. The maximum absolute atomic E-state index is 12.7. The third-order valence-electron chi connectivity index (χ3n) is 3.33. The van der Waals surface area contributed by atoms with E-state index >= 15 is 0 Å². The molecule has 1 aromatic heterocycles. The normalized spacial score (nSPS) is 20.1. The molecule has 0 bridgehead atoms. The second-order valence-corrected chi connectivity index (χ2v) is 7.35. The number of rotatable bonds is 4. The highest BCUT2D eigenvalue weighted by Gasteiger charge is 2.39. The number of ether oxygens (including phenoxy) is 1. The first-order valence-electron chi connectivity index (χ1n) is 6.30. The van der Waals surface area contributed by atoms with Crippen LogP contribution in [0.3, 0.4) is 0 Å². The summed E-state index contributed by atoms with van der Waals surface area (Å²) >= 11 is 0.955. The van der Waals surface area contributed by atoms with E-state index in [1.54, 1.807) is 0 Å². The molecule has 0 radical (unpaired) electrons. The molecule has 9 heteroatoms. The molecule has 1 fully saturated rings. The minimum Gasteiger partial charge on any atom is -0.480 e. The van der Waals surface area contributed by atoms with Crippen LogP contribution in [-0.4, -0.2) is 49.5 Å². The molecule has 1 N–H and O–H groups in total. The average Bonchev–Trinajstić information content (AvgIpc) is 2.96. The van der Waals surface area contributed by atoms with E-state index in [0.29, 0.717) is 12.8 Å². The van der Waals surface area contributed by atoms with Crippen molar-refractivity contribution in [2.45, 2.75) is 30.2 Å². The van der Waals surface area contributed by atoms with Crippen molar-refractivity contribution in [3.05, 3.63) is 16.3 Å². The molecule has 0 aromatic carbocycles. The number of hydrogen-bond donors (Lipinski definition) is 1. The molecule has 21 heavy (non-hydrogen) atoms. The fourth-order valence-electron chi connectivity index (χ4n) is 2.31. The Morgan fingerprint density at radius 2 is 2.14 bits per heavy atom. The molecule has 0 spiro atoms. The third-order valence-corrected chi connectivity index (χ3v) is 6.30. The van der Waals surface area contributed by atoms with Gasteiger partial charge in [-0.15, -0.1) is 11.3 Å². The number of carboxylic acid groups (broad SMARTS) is 1. The molecule has 1 saturated heterocycles. The van der Waals surface area contributed by atoms with Crippen molar-refractivity contribution >= 4 is 33.3 Å². The topological polar surface area (TPSA) is 101 Å². The summed E-state index contributed by atoms with van der Waals surface area (Å²) < 4.78 is 30.9. The summed E-state index contributed by atoms with van der Waals surface area (Å²) in [6.45, 7) is 0.135. The summed E-state index contributed by atoms with van der Waals surface area (Å²) in [5.74, 6) is -1.92. The van der Waals surface area contributed by atoms with E-state index in [9.17, 15) is 23.1 Å². The van der Waals surface area contributed by atoms with Crippen LogP contribution in [0.4, 0.5) is 0 Å². The van der Waals surface area contributed by atoms with Gasteiger partial charge in [-0.25, -0.2) is 13.2 Å². The van der Waals surface area contributed by atoms with Gasteiger partial charge in [-0.3, -0.25) is 4.79 Å². The van der Waals surface area contributed by atoms with E-state index < -0.39 is 28.0 Å². The second kappa shape index (κ2) is 6.12. The van der Waals surface area contributed by atoms with E-state index in [1.807, 2.05) is 0 Å². The Labute approximate surface area is 126 Å². The fourth-order valence-corrected chi connectivity index (χ4v) is 5.27. The lowest BCUT2D eigenvalue weighted by atomic mass is 10.1. The van der Waals surface area contributed by atoms with Gasteiger partial charge in [0.2, 0.25) is 10.0 Å². The number of methoxy groups -OCH3 is 1. The highest BCUT2D eigenvalue weighted by Crippen LogP contribution is 2.30. The molecule has 116 valence electrons. The standard InChI is InChI=1S/C12H15NO6S2/c1-19-12(16)10-9(5-7-20-10)21(17,18)13-6-3-2-4-8(13)11(14)15/h5,7-8H,2-4,6H2,1H3,(H,14,15). The number of carbonyl (C=O) groups excluding carboxylic acids is 1. The lowest BCUT2D eigenvalue weighted by Crippen LogP contribution is -2.48. The van der Waals surface area contributed by atoms with Crippen LogP contribution in [0, 0.1) is 0 Å². The summed E-state index contributed by atoms with van der Waals surface area (Å²) in [6.07, 6.45) is 1.53. The van der Waals surface area contributed by atoms with Gasteiger partial charge in [-0.05, 0) is 30.7 Å². The van der Waals surface area contributed by atoms with Crippen molar-refractivity contribution in [2.75, 3.05) is 13.7 Å². The van der Waals surface area contributed by atoms with Crippen molar-refractivity contribution in [3.63, 3.8) is 0 Å². The summed E-state index contributed by atoms with van der Waals surface area (Å²) in [5.41, 5.74) is 0. The number of hydrogen-bond acceptors (Lipinski definition) is 6. The third kappa shape index (κ3) is 2.94. The molecule has 1 aliphatic rings. The highest BCUT2D eigenvalue weighted by molar-refractivity contribution is 7.89. The molecule has 0 saturated carbocycles. The van der Waals surface area contributed by atoms with Gasteiger partial charge in [0.05, 0.1) is 7.11 Å². The lowest BCUT2D eigenvalue weighted by Gasteiger charge is -2.31. The first-order chi connectivity index (χ1) is 9.89. The van der Waals surface area contributed by atoms with Crippen LogP contribution in [0.5, 0.6) is 0 Å². The Morgan fingerprint density at radius 3 is 2.76 bits per heavy atom. The predicted octanol–water partition coefficient (Wildman–Crippen LogP) is 1.16. The number of carboxylic acids is 1. The molecule has 0 aliphatic carbocycles. The molecule has 7 nitrogen and oxygen atoms in total. The minimum absolute atomic E-state index is 0.0350. The number of nitrogens with zero attached hydrogens (tertiary/aromatic N) is 1. The number of sulfonamides is 1. The van der Waals surface area contributed by atoms with E-state index in [1.165, 1.54) is 18.6 Å². The Balaban J connectivity index is 2.44. The van der Waals surface area contributed by atoms with Gasteiger partial charge >= 0.3 is 11.9 Å². The van der Waals surface area contributed by atoms with Gasteiger partial charge in [0.25, 0.3) is 0 Å². The minimum atomic E-state index is -4.04. The molecule has 1 aliphatic heterocycles. The van der Waals surface area contributed by atoms with Crippen LogP contribution in [0.15, 0.2) is 16.3 Å². The van der Waals surface area contributed by atoms with Gasteiger partial charge in [-0.2, -0.15) is 4.31 Å². The molecule has 1 unspecified atom stereocenters. The zero-order valence-electron chi connectivity index (χ0n) is 11.3. The highest BCUT2D eigenvalue weighted by atomic mass is 32.2. The number of carbonyl (C=O) groups is 2. The van der Waals surface area contributed by atoms with Crippen LogP contribution >= 0.6 is 11.3 Å². The van der Waals surface area contributed by atoms with Crippen molar-refractivity contribution in [1.29, 1.82) is 0 Å². The molecular weight excluding hydrogens is 318 g/mol. The number of aliphatic carboxylic acids is 1. The molecule has 2 rings (SSSR count). The van der Waals surface area contributed by atoms with E-state index in [0.717, 1.165) is 15.6 Å². The Morgan fingerprint density at radius 1 is 1.43 bits per heavy atom. The Kier molecular flexibility index (Phi) is 4.64. The van der Waals surface area contributed by atoms with Crippen molar-refractivity contribution < 1.29 is 27.9 Å². The smallest absolute Gasteiger partial charge is 0.349 e. The van der Waals surface area contributed by atoms with Crippen LogP contribution in [0.1, 0.15) is 28.9 Å². The van der Waals surface area contributed by atoms with Gasteiger partial charge in [0.15, 0.2) is 0 Å². The van der Waals surface area contributed by atoms with Gasteiger partial charge in [0.1, 0.15) is 15.8 Å². The maximum atomic E-state index is 12.7. The predicted molar refractivity (Wildman–Crippen MR) is 74.8 cm³/mol.